The summed E-state index contributed by atoms with van der Waals surface area (Å²) in [5.41, 5.74) is -0.481. The third-order valence-electron chi connectivity index (χ3n) is 7.24. The second-order valence-corrected chi connectivity index (χ2v) is 10.1. The molecule has 226 valence electrons. The molecule has 0 fully saturated rings. The van der Waals surface area contributed by atoms with Crippen molar-refractivity contribution in [2.75, 3.05) is 0 Å². The van der Waals surface area contributed by atoms with E-state index in [0.717, 1.165) is 48.5 Å². The minimum absolute atomic E-state index is 0.221. The molecule has 5 aromatic carbocycles. The summed E-state index contributed by atoms with van der Waals surface area (Å²) < 4.78 is 0. The molecule has 0 saturated heterocycles. The van der Waals surface area contributed by atoms with Crippen LogP contribution in [-0.4, -0.2) is 61.3 Å². The number of rotatable bonds is 6. The zero-order chi connectivity index (χ0) is 32.0. The van der Waals surface area contributed by atoms with E-state index in [-0.39, 0.29) is 33.4 Å². The second kappa shape index (κ2) is 10.8. The Bertz CT molecular complexity index is 1550. The van der Waals surface area contributed by atoms with E-state index >= 15 is 0 Å². The van der Waals surface area contributed by atoms with Crippen molar-refractivity contribution in [3.63, 3.8) is 0 Å². The maximum atomic E-state index is 10.7. The Balaban J connectivity index is 1.76. The van der Waals surface area contributed by atoms with E-state index in [4.69, 9.17) is 0 Å². The first-order valence-corrected chi connectivity index (χ1v) is 12.9. The quantitative estimate of drug-likeness (QED) is 0.120. The molecule has 12 nitrogen and oxygen atoms in total. The summed E-state index contributed by atoms with van der Waals surface area (Å²) in [5.74, 6) is -9.29. The molecular weight excluding hydrogens is 576 g/mol. The van der Waals surface area contributed by atoms with Crippen molar-refractivity contribution in [2.24, 2.45) is 0 Å². The Morgan fingerprint density at radius 2 is 0.432 bits per heavy atom. The number of phenols is 12. The molecule has 0 bridgehead atoms. The molecule has 0 spiro atoms. The van der Waals surface area contributed by atoms with Crippen molar-refractivity contribution in [3.05, 3.63) is 106 Å². The van der Waals surface area contributed by atoms with Crippen molar-refractivity contribution < 1.29 is 61.3 Å². The van der Waals surface area contributed by atoms with Crippen LogP contribution in [0.5, 0.6) is 69.0 Å². The van der Waals surface area contributed by atoms with Crippen molar-refractivity contribution in [3.8, 4) is 69.0 Å². The number of hydrogen-bond acceptors (Lipinski definition) is 12. The van der Waals surface area contributed by atoms with E-state index in [2.05, 4.69) is 0 Å². The summed E-state index contributed by atoms with van der Waals surface area (Å²) in [5, 5.41) is 125. The number of aromatic hydroxyl groups is 12. The maximum Gasteiger partial charge on any atom is 0.127 e. The molecule has 0 amide bonds. The SMILES string of the molecule is Oc1cc(O)c(C(c2ccc(C(c3c(O)cc(O)cc3O)c3c(O)cc(O)cc3O)cc2)c2c(O)cc(O)cc2O)c(O)c1. The highest BCUT2D eigenvalue weighted by molar-refractivity contribution is 5.66. The Labute approximate surface area is 248 Å². The van der Waals surface area contributed by atoms with Crippen molar-refractivity contribution in [1.29, 1.82) is 0 Å². The largest absolute Gasteiger partial charge is 0.508 e. The standard InChI is InChI=1S/C32H26O12/c33-15-5-19(37)29(20(38)6-15)27(30-21(39)7-16(34)8-22(30)40)13-1-2-14(4-3-13)28(31-23(41)9-17(35)10-24(31)42)32-25(43)11-18(36)12-26(32)44/h1-12,27-28,33-44H. The number of phenolic OH excluding ortho intramolecular Hbond substituents is 12. The van der Waals surface area contributed by atoms with Gasteiger partial charge >= 0.3 is 0 Å². The average Bonchev–Trinajstić information content (AvgIpc) is 2.89. The van der Waals surface area contributed by atoms with Crippen molar-refractivity contribution >= 4 is 0 Å². The molecule has 44 heavy (non-hydrogen) atoms. The highest BCUT2D eigenvalue weighted by Crippen LogP contribution is 2.52. The molecule has 0 aromatic heterocycles. The zero-order valence-corrected chi connectivity index (χ0v) is 22.4. The minimum Gasteiger partial charge on any atom is -0.508 e. The first-order valence-electron chi connectivity index (χ1n) is 12.9. The van der Waals surface area contributed by atoms with Gasteiger partial charge in [0.05, 0.1) is 0 Å². The monoisotopic (exact) mass is 602 g/mol. The van der Waals surface area contributed by atoms with Crippen LogP contribution in [0.4, 0.5) is 0 Å². The predicted molar refractivity (Wildman–Crippen MR) is 154 cm³/mol. The van der Waals surface area contributed by atoms with E-state index in [9.17, 15) is 61.3 Å². The van der Waals surface area contributed by atoms with Gasteiger partial charge in [0.25, 0.3) is 0 Å². The summed E-state index contributed by atoms with van der Waals surface area (Å²) in [4.78, 5) is 0. The molecule has 0 atom stereocenters. The first kappa shape index (κ1) is 29.2. The van der Waals surface area contributed by atoms with Gasteiger partial charge in [0.1, 0.15) is 69.0 Å². The molecule has 5 aromatic rings. The fraction of sp³-hybridized carbons (Fsp3) is 0.0625. The summed E-state index contributed by atoms with van der Waals surface area (Å²) in [6, 6.07) is 13.2. The van der Waals surface area contributed by atoms with Crippen LogP contribution in [0.3, 0.4) is 0 Å². The maximum absolute atomic E-state index is 10.7. The van der Waals surface area contributed by atoms with Crippen molar-refractivity contribution in [2.45, 2.75) is 11.8 Å². The highest BCUT2D eigenvalue weighted by Gasteiger charge is 2.32. The molecule has 0 radical (unpaired) electrons. The van der Waals surface area contributed by atoms with E-state index in [1.807, 2.05) is 0 Å². The van der Waals surface area contributed by atoms with Crippen LogP contribution >= 0.6 is 0 Å². The molecule has 12 heteroatoms. The fourth-order valence-corrected chi connectivity index (χ4v) is 5.45. The topological polar surface area (TPSA) is 243 Å². The third kappa shape index (κ3) is 5.11. The Morgan fingerprint density at radius 1 is 0.273 bits per heavy atom. The van der Waals surface area contributed by atoms with Crippen LogP contribution in [0, 0.1) is 0 Å². The predicted octanol–water partition coefficient (Wildman–Crippen LogP) is 4.51. The van der Waals surface area contributed by atoms with Crippen LogP contribution in [0.1, 0.15) is 45.2 Å². The molecule has 0 aliphatic carbocycles. The van der Waals surface area contributed by atoms with E-state index in [1.165, 1.54) is 24.3 Å². The van der Waals surface area contributed by atoms with Crippen LogP contribution in [-0.2, 0) is 0 Å². The van der Waals surface area contributed by atoms with Gasteiger partial charge in [-0.05, 0) is 11.1 Å². The van der Waals surface area contributed by atoms with Crippen LogP contribution < -0.4 is 0 Å². The van der Waals surface area contributed by atoms with Gasteiger partial charge in [0, 0.05) is 82.6 Å². The lowest BCUT2D eigenvalue weighted by Crippen LogP contribution is -2.08. The highest BCUT2D eigenvalue weighted by atomic mass is 16.3. The van der Waals surface area contributed by atoms with Gasteiger partial charge in [-0.15, -0.1) is 0 Å². The molecule has 0 aliphatic rings. The van der Waals surface area contributed by atoms with Gasteiger partial charge in [-0.3, -0.25) is 0 Å². The normalized spacial score (nSPS) is 11.3. The minimum atomic E-state index is -1.31. The summed E-state index contributed by atoms with van der Waals surface area (Å²) in [6.07, 6.45) is 0. The van der Waals surface area contributed by atoms with E-state index in [1.54, 1.807) is 0 Å². The lowest BCUT2D eigenvalue weighted by molar-refractivity contribution is 0.404. The molecule has 0 unspecified atom stereocenters. The second-order valence-electron chi connectivity index (χ2n) is 10.1. The van der Waals surface area contributed by atoms with Gasteiger partial charge in [0.15, 0.2) is 0 Å². The molecular formula is C32H26O12. The summed E-state index contributed by atoms with van der Waals surface area (Å²) in [6.45, 7) is 0. The fourth-order valence-electron chi connectivity index (χ4n) is 5.45. The molecule has 0 heterocycles. The van der Waals surface area contributed by atoms with Crippen LogP contribution in [0.2, 0.25) is 0 Å². The number of benzene rings is 5. The number of hydrogen-bond donors (Lipinski definition) is 12. The summed E-state index contributed by atoms with van der Waals surface area (Å²) in [7, 11) is 0. The average molecular weight is 603 g/mol. The zero-order valence-electron chi connectivity index (χ0n) is 22.4. The van der Waals surface area contributed by atoms with Gasteiger partial charge in [0.2, 0.25) is 0 Å². The van der Waals surface area contributed by atoms with Gasteiger partial charge < -0.3 is 61.3 Å². The summed E-state index contributed by atoms with van der Waals surface area (Å²) >= 11 is 0. The Hall–Kier alpha value is -6.30. The molecule has 0 aliphatic heterocycles. The van der Waals surface area contributed by atoms with E-state index < -0.39 is 80.8 Å². The van der Waals surface area contributed by atoms with Crippen molar-refractivity contribution in [1.82, 2.24) is 0 Å². The first-order chi connectivity index (χ1) is 20.8. The van der Waals surface area contributed by atoms with Gasteiger partial charge in [-0.1, -0.05) is 24.3 Å². The lowest BCUT2D eigenvalue weighted by atomic mass is 9.79. The van der Waals surface area contributed by atoms with Gasteiger partial charge in [-0.2, -0.15) is 0 Å². The Kier molecular flexibility index (Phi) is 7.19. The smallest absolute Gasteiger partial charge is 0.127 e. The lowest BCUT2D eigenvalue weighted by Gasteiger charge is -2.25. The molecule has 5 rings (SSSR count). The third-order valence-corrected chi connectivity index (χ3v) is 7.24. The van der Waals surface area contributed by atoms with E-state index in [0.29, 0.717) is 0 Å². The Morgan fingerprint density at radius 3 is 0.591 bits per heavy atom. The van der Waals surface area contributed by atoms with Crippen LogP contribution in [0.25, 0.3) is 0 Å². The van der Waals surface area contributed by atoms with Crippen LogP contribution in [0.15, 0.2) is 72.8 Å². The van der Waals surface area contributed by atoms with Gasteiger partial charge in [-0.25, -0.2) is 0 Å². The molecule has 12 N–H and O–H groups in total. The molecule has 0 saturated carbocycles.